The van der Waals surface area contributed by atoms with Crippen molar-refractivity contribution in [1.29, 1.82) is 0 Å². The zero-order valence-corrected chi connectivity index (χ0v) is 19.2. The Hall–Kier alpha value is -1.97. The number of allylic oxidation sites excluding steroid dienone is 5. The van der Waals surface area contributed by atoms with Crippen molar-refractivity contribution in [2.75, 3.05) is 6.54 Å². The Morgan fingerprint density at radius 2 is 1.93 bits per heavy atom. The second-order valence-electron chi connectivity index (χ2n) is 8.80. The quantitative estimate of drug-likeness (QED) is 0.514. The van der Waals surface area contributed by atoms with Gasteiger partial charge < -0.3 is 0 Å². The number of Topliss-reactive ketones (excluding diaryl/α,β-unsaturated/α-hetero) is 1. The Morgan fingerprint density at radius 3 is 2.57 bits per heavy atom. The van der Waals surface area contributed by atoms with Crippen molar-refractivity contribution in [2.45, 2.75) is 72.1 Å². The van der Waals surface area contributed by atoms with E-state index in [1.807, 2.05) is 49.8 Å². The number of carbonyl (C=O) groups is 1. The van der Waals surface area contributed by atoms with Crippen LogP contribution in [0.15, 0.2) is 54.2 Å². The van der Waals surface area contributed by atoms with Crippen LogP contribution in [0.1, 0.15) is 61.5 Å². The highest BCUT2D eigenvalue weighted by Crippen LogP contribution is 2.29. The van der Waals surface area contributed by atoms with Crippen molar-refractivity contribution in [2.24, 2.45) is 5.92 Å². The predicted octanol–water partition coefficient (Wildman–Crippen LogP) is 5.56. The lowest BCUT2D eigenvalue weighted by atomic mass is 9.90. The molecule has 30 heavy (non-hydrogen) atoms. The first-order chi connectivity index (χ1) is 14.4. The maximum absolute atomic E-state index is 12.0. The Labute approximate surface area is 182 Å². The van der Waals surface area contributed by atoms with Gasteiger partial charge in [-0.2, -0.15) is 0 Å². The largest absolute Gasteiger partial charge is 0.294 e. The molecule has 4 unspecified atom stereocenters. The molecular weight excluding hydrogens is 368 g/mol. The number of hydrogen-bond donors (Lipinski definition) is 1. The summed E-state index contributed by atoms with van der Waals surface area (Å²) in [6, 6.07) is 7.24. The third kappa shape index (κ3) is 5.39. The smallest absolute Gasteiger partial charge is 0.166 e. The molecule has 1 radical (unpaired) electrons. The van der Waals surface area contributed by atoms with Gasteiger partial charge in [0.1, 0.15) is 0 Å². The fraction of sp³-hybridized carbons (Fsp3) is 0.481. The van der Waals surface area contributed by atoms with Gasteiger partial charge in [-0.1, -0.05) is 68.9 Å². The third-order valence-corrected chi connectivity index (χ3v) is 6.56. The molecule has 0 bridgehead atoms. The van der Waals surface area contributed by atoms with Crippen molar-refractivity contribution in [3.63, 3.8) is 0 Å². The maximum atomic E-state index is 12.0. The van der Waals surface area contributed by atoms with Crippen LogP contribution in [0, 0.1) is 26.2 Å². The van der Waals surface area contributed by atoms with Gasteiger partial charge in [-0.25, -0.2) is 0 Å². The maximum Gasteiger partial charge on any atom is 0.166 e. The van der Waals surface area contributed by atoms with Gasteiger partial charge in [0, 0.05) is 30.5 Å². The van der Waals surface area contributed by atoms with Crippen molar-refractivity contribution < 1.29 is 4.79 Å². The summed E-state index contributed by atoms with van der Waals surface area (Å²) in [5.41, 5.74) is 4.30. The number of carbonyl (C=O) groups excluding carboxylic acids is 1. The Kier molecular flexibility index (Phi) is 7.85. The molecule has 1 N–H and O–H groups in total. The van der Waals surface area contributed by atoms with Gasteiger partial charge in [-0.05, 0) is 56.3 Å². The van der Waals surface area contributed by atoms with E-state index in [1.165, 1.54) is 30.5 Å². The first kappa shape index (κ1) is 22.7. The molecule has 4 atom stereocenters. The molecule has 0 spiro atoms. The molecule has 4 rings (SSSR count). The second-order valence-corrected chi connectivity index (χ2v) is 8.80. The highest BCUT2D eigenvalue weighted by Gasteiger charge is 2.39. The van der Waals surface area contributed by atoms with Crippen LogP contribution >= 0.6 is 0 Å². The van der Waals surface area contributed by atoms with Gasteiger partial charge in [-0.3, -0.25) is 15.0 Å². The SMILES string of the molecule is CCC1NC2C=CC(C)CC2N1CC.Cc1ccc(C(=O)CC2=CC=C[CH]2)cc1C. The van der Waals surface area contributed by atoms with Crippen LogP contribution in [0.5, 0.6) is 0 Å². The summed E-state index contributed by atoms with van der Waals surface area (Å²) in [5, 5.41) is 3.70. The van der Waals surface area contributed by atoms with Gasteiger partial charge >= 0.3 is 0 Å². The normalized spacial score (nSPS) is 27.4. The van der Waals surface area contributed by atoms with Crippen molar-refractivity contribution in [3.05, 3.63) is 77.3 Å². The number of nitrogens with one attached hydrogen (secondary N) is 1. The van der Waals surface area contributed by atoms with Crippen LogP contribution in [-0.2, 0) is 0 Å². The van der Waals surface area contributed by atoms with E-state index in [2.05, 4.69) is 50.1 Å². The minimum atomic E-state index is 0.189. The summed E-state index contributed by atoms with van der Waals surface area (Å²) >= 11 is 0. The monoisotopic (exact) mass is 405 g/mol. The van der Waals surface area contributed by atoms with Crippen molar-refractivity contribution in [1.82, 2.24) is 10.2 Å². The fourth-order valence-corrected chi connectivity index (χ4v) is 4.64. The number of fused-ring (bicyclic) bond motifs is 1. The van der Waals surface area contributed by atoms with E-state index in [-0.39, 0.29) is 5.78 Å². The molecule has 3 aliphatic rings. The molecule has 1 heterocycles. The molecule has 3 heteroatoms. The highest BCUT2D eigenvalue weighted by molar-refractivity contribution is 5.98. The molecule has 0 saturated carbocycles. The molecule has 0 aromatic heterocycles. The van der Waals surface area contributed by atoms with Gasteiger partial charge in [0.05, 0.1) is 6.17 Å². The standard InChI is InChI=1S/C15H15O.C12H22N2/c1-11-7-8-14(9-12(11)2)15(16)10-13-5-3-4-6-13;1-4-12-13-10-7-6-9(3)8-11(10)14(12)5-2/h3-9H,10H2,1-2H3;6-7,9-13H,4-5,8H2,1-3H3. The molecule has 3 nitrogen and oxygen atoms in total. The Bertz CT molecular complexity index is 835. The van der Waals surface area contributed by atoms with Crippen LogP contribution in [0.2, 0.25) is 0 Å². The van der Waals surface area contributed by atoms with Gasteiger partial charge in [-0.15, -0.1) is 0 Å². The molecule has 0 amide bonds. The zero-order chi connectivity index (χ0) is 21.7. The van der Waals surface area contributed by atoms with E-state index >= 15 is 0 Å². The first-order valence-corrected chi connectivity index (χ1v) is 11.4. The van der Waals surface area contributed by atoms with Gasteiger partial charge in [0.25, 0.3) is 0 Å². The lowest BCUT2D eigenvalue weighted by Crippen LogP contribution is -2.40. The predicted molar refractivity (Wildman–Crippen MR) is 126 cm³/mol. The van der Waals surface area contributed by atoms with Crippen LogP contribution in [-0.4, -0.2) is 35.5 Å². The second kappa shape index (κ2) is 10.4. The van der Waals surface area contributed by atoms with Crippen LogP contribution < -0.4 is 5.32 Å². The van der Waals surface area contributed by atoms with Gasteiger partial charge in [0.15, 0.2) is 5.78 Å². The van der Waals surface area contributed by atoms with E-state index in [0.29, 0.717) is 18.6 Å². The van der Waals surface area contributed by atoms with E-state index in [9.17, 15) is 4.79 Å². The summed E-state index contributed by atoms with van der Waals surface area (Å²) < 4.78 is 0. The average molecular weight is 406 g/mol. The summed E-state index contributed by atoms with van der Waals surface area (Å²) in [5.74, 6) is 0.942. The summed E-state index contributed by atoms with van der Waals surface area (Å²) in [6.45, 7) is 12.1. The number of hydrogen-bond acceptors (Lipinski definition) is 3. The average Bonchev–Trinajstić information content (AvgIpc) is 3.37. The van der Waals surface area contributed by atoms with E-state index < -0.39 is 0 Å². The van der Waals surface area contributed by atoms with Crippen LogP contribution in [0.25, 0.3) is 0 Å². The number of nitrogens with zero attached hydrogens (tertiary/aromatic N) is 1. The molecular formula is C27H37N2O. The molecule has 161 valence electrons. The van der Waals surface area contributed by atoms with E-state index in [0.717, 1.165) is 23.1 Å². The molecule has 1 saturated heterocycles. The molecule has 1 aromatic rings. The van der Waals surface area contributed by atoms with E-state index in [1.54, 1.807) is 0 Å². The highest BCUT2D eigenvalue weighted by atomic mass is 16.1. The number of aryl methyl sites for hydroxylation is 2. The summed E-state index contributed by atoms with van der Waals surface area (Å²) in [7, 11) is 0. The van der Waals surface area contributed by atoms with E-state index in [4.69, 9.17) is 0 Å². The van der Waals surface area contributed by atoms with Crippen molar-refractivity contribution in [3.8, 4) is 0 Å². The van der Waals surface area contributed by atoms with Crippen LogP contribution in [0.4, 0.5) is 0 Å². The van der Waals surface area contributed by atoms with Crippen LogP contribution in [0.3, 0.4) is 0 Å². The zero-order valence-electron chi connectivity index (χ0n) is 19.2. The molecule has 1 aromatic carbocycles. The summed E-state index contributed by atoms with van der Waals surface area (Å²) in [6.07, 6.45) is 16.3. The number of ketones is 1. The molecule has 1 aliphatic heterocycles. The Balaban J connectivity index is 0.000000172. The number of likely N-dealkylation sites (N-methyl/N-ethyl adjacent to an activating group) is 1. The lowest BCUT2D eigenvalue weighted by Gasteiger charge is -2.31. The fourth-order valence-electron chi connectivity index (χ4n) is 4.64. The lowest BCUT2D eigenvalue weighted by molar-refractivity contribution is 0.0993. The minimum absolute atomic E-state index is 0.189. The number of rotatable bonds is 5. The Morgan fingerprint density at radius 1 is 1.13 bits per heavy atom. The molecule has 2 aliphatic carbocycles. The first-order valence-electron chi connectivity index (χ1n) is 11.4. The topological polar surface area (TPSA) is 32.3 Å². The third-order valence-electron chi connectivity index (χ3n) is 6.56. The van der Waals surface area contributed by atoms with Gasteiger partial charge in [0.2, 0.25) is 0 Å². The minimum Gasteiger partial charge on any atom is -0.294 e. The number of benzene rings is 1. The van der Waals surface area contributed by atoms with Crippen molar-refractivity contribution >= 4 is 5.78 Å². The summed E-state index contributed by atoms with van der Waals surface area (Å²) in [4.78, 5) is 14.6. The molecule has 1 fully saturated rings.